The molecule has 7 N–H and O–H groups in total. The Labute approximate surface area is 449 Å². The molecule has 0 aromatic heterocycles. The van der Waals surface area contributed by atoms with Crippen molar-refractivity contribution in [1.82, 2.24) is 42.1 Å². The van der Waals surface area contributed by atoms with E-state index in [1.54, 1.807) is 40.1 Å². The number of likely N-dealkylation sites (tertiary alicyclic amines) is 1. The van der Waals surface area contributed by atoms with Crippen LogP contribution in [0.25, 0.3) is 0 Å². The molecule has 1 aliphatic heterocycles. The molecule has 15 heteroatoms. The third-order valence-electron chi connectivity index (χ3n) is 16.3. The highest BCUT2D eigenvalue weighted by atomic mass is 16.5. The van der Waals surface area contributed by atoms with Gasteiger partial charge in [-0.1, -0.05) is 100.0 Å². The summed E-state index contributed by atoms with van der Waals surface area (Å²) in [4.78, 5) is 85.1. The summed E-state index contributed by atoms with van der Waals surface area (Å²) < 4.78 is 6.18. The van der Waals surface area contributed by atoms with Crippen LogP contribution in [0.5, 0.6) is 5.75 Å². The summed E-state index contributed by atoms with van der Waals surface area (Å²) in [6.07, 6.45) is 8.18. The lowest BCUT2D eigenvalue weighted by Gasteiger charge is -2.38. The number of ether oxygens (including phenoxy) is 1. The number of Topliss-reactive ketones (excluding diaryl/α,β-unsaturated/α-hetero) is 1. The van der Waals surface area contributed by atoms with Gasteiger partial charge in [-0.25, -0.2) is 0 Å². The predicted molar refractivity (Wildman–Crippen MR) is 294 cm³/mol. The van der Waals surface area contributed by atoms with Crippen molar-refractivity contribution in [3.63, 3.8) is 0 Å². The molecular formula is C61H80N8O7. The van der Waals surface area contributed by atoms with E-state index in [0.29, 0.717) is 30.6 Å². The molecule has 2 fully saturated rings. The minimum absolute atomic E-state index is 0.0386. The molecule has 1 saturated heterocycles. The first-order valence-electron chi connectivity index (χ1n) is 27.6. The van der Waals surface area contributed by atoms with Crippen molar-refractivity contribution in [2.45, 2.75) is 160 Å². The predicted octanol–water partition coefficient (Wildman–Crippen LogP) is 6.54. The van der Waals surface area contributed by atoms with Crippen molar-refractivity contribution in [2.24, 2.45) is 17.3 Å². The Morgan fingerprint density at radius 3 is 1.87 bits per heavy atom. The average molecular weight is 1040 g/mol. The van der Waals surface area contributed by atoms with Gasteiger partial charge in [0.15, 0.2) is 5.78 Å². The van der Waals surface area contributed by atoms with Crippen LogP contribution in [0.3, 0.4) is 0 Å². The SMILES string of the molecule is CN[C@@H](C)C(=O)N[C@@H](Cc1ccc(OCc2ccc(C(=O)N[C@H]3CC(N[C@@H]4CCCc5ccccc54)N(C(=O)[C@@H](NC(=O)[C@H](C)NC)C(C)(C)C)C3)cc2)cc1)C(=O)[C@H]1CCC[C@@H]1C(=O)N[C@@H]1CCCc2ccccc21. The third kappa shape index (κ3) is 13.6. The number of ketones is 1. The number of hydrogen-bond donors (Lipinski definition) is 7. The van der Waals surface area contributed by atoms with E-state index in [4.69, 9.17) is 4.74 Å². The largest absolute Gasteiger partial charge is 0.489 e. The highest BCUT2D eigenvalue weighted by molar-refractivity contribution is 5.96. The van der Waals surface area contributed by atoms with Crippen molar-refractivity contribution >= 4 is 35.3 Å². The molecule has 4 aromatic rings. The summed E-state index contributed by atoms with van der Waals surface area (Å²) in [7, 11) is 3.41. The molecule has 4 aliphatic rings. The van der Waals surface area contributed by atoms with Crippen molar-refractivity contribution in [3.8, 4) is 5.75 Å². The van der Waals surface area contributed by atoms with Crippen LogP contribution in [0.15, 0.2) is 97.1 Å². The molecule has 5 amide bonds. The van der Waals surface area contributed by atoms with Crippen molar-refractivity contribution in [2.75, 3.05) is 20.6 Å². The number of fused-ring (bicyclic) bond motifs is 2. The maximum absolute atomic E-state index is 14.6. The quantitative estimate of drug-likeness (QED) is 0.0510. The summed E-state index contributed by atoms with van der Waals surface area (Å²) in [5.74, 6) is -1.54. The third-order valence-corrected chi connectivity index (χ3v) is 16.3. The number of likely N-dealkylation sites (N-methyl/N-ethyl adjacent to an activating group) is 2. The van der Waals surface area contributed by atoms with Crippen LogP contribution < -0.4 is 42.0 Å². The van der Waals surface area contributed by atoms with E-state index in [1.807, 2.05) is 74.2 Å². The average Bonchev–Trinajstić information content (AvgIpc) is 4.09. The Hall–Kier alpha value is -6.42. The van der Waals surface area contributed by atoms with Crippen molar-refractivity contribution in [3.05, 3.63) is 136 Å². The van der Waals surface area contributed by atoms with Gasteiger partial charge in [0.2, 0.25) is 23.6 Å². The van der Waals surface area contributed by atoms with E-state index in [1.165, 1.54) is 16.7 Å². The lowest BCUT2D eigenvalue weighted by molar-refractivity contribution is -0.141. The number of nitrogens with one attached hydrogen (secondary N) is 7. The molecule has 8 rings (SSSR count). The fourth-order valence-corrected chi connectivity index (χ4v) is 11.6. The van der Waals surface area contributed by atoms with Crippen LogP contribution >= 0.6 is 0 Å². The molecule has 0 radical (unpaired) electrons. The summed E-state index contributed by atoms with van der Waals surface area (Å²) in [6, 6.07) is 28.4. The maximum Gasteiger partial charge on any atom is 0.251 e. The molecule has 1 saturated carbocycles. The van der Waals surface area contributed by atoms with E-state index in [-0.39, 0.29) is 79.2 Å². The number of hydrogen-bond acceptors (Lipinski definition) is 10. The second-order valence-electron chi connectivity index (χ2n) is 22.6. The van der Waals surface area contributed by atoms with Crippen LogP contribution in [0.1, 0.15) is 142 Å². The van der Waals surface area contributed by atoms with E-state index in [2.05, 4.69) is 73.6 Å². The van der Waals surface area contributed by atoms with E-state index >= 15 is 0 Å². The number of aryl methyl sites for hydroxylation is 2. The second kappa shape index (κ2) is 25.2. The Kier molecular flexibility index (Phi) is 18.5. The molecule has 0 bridgehead atoms. The Balaban J connectivity index is 0.881. The first-order valence-corrected chi connectivity index (χ1v) is 27.6. The Morgan fingerprint density at radius 1 is 0.658 bits per heavy atom. The molecule has 1 unspecified atom stereocenters. The molecule has 10 atom stereocenters. The Morgan fingerprint density at radius 2 is 1.24 bits per heavy atom. The minimum atomic E-state index is -0.820. The first kappa shape index (κ1) is 55.8. The summed E-state index contributed by atoms with van der Waals surface area (Å²) in [6.45, 7) is 9.88. The number of rotatable bonds is 20. The standard InChI is InChI=1S/C61H80N8O7/c1-37(62-6)56(71)67-52(54(70)48-21-14-22-49(48)59(74)66-51-24-13-18-42-16-9-11-20-47(42)51)33-39-27-31-45(32-28-39)76-36-40-25-29-43(30-26-40)58(73)64-44-34-53(65-50-23-12-17-41-15-8-10-19-46(41)50)69(35-44)60(75)55(61(3,4)5)68-57(72)38(2)63-7/h8-11,15-16,19-20,25-32,37-38,44,48-53,55,62-63,65H,12-14,17-18,21-24,33-36H2,1-7H3,(H,64,73)(H,66,74)(H,67,71)(H,68,72)/t37-,38-,44-,48-,49-,50+,51+,52-,53?,55+/m0/s1. The van der Waals surface area contributed by atoms with Gasteiger partial charge >= 0.3 is 0 Å². The zero-order valence-electron chi connectivity index (χ0n) is 45.5. The molecule has 4 aromatic carbocycles. The Bertz CT molecular complexity index is 2690. The van der Waals surface area contributed by atoms with E-state index in [0.717, 1.165) is 61.6 Å². The monoisotopic (exact) mass is 1040 g/mol. The van der Waals surface area contributed by atoms with Crippen molar-refractivity contribution < 1.29 is 33.5 Å². The van der Waals surface area contributed by atoms with Gasteiger partial charge < -0.3 is 41.5 Å². The number of carbonyl (C=O) groups excluding carboxylic acids is 6. The summed E-state index contributed by atoms with van der Waals surface area (Å²) >= 11 is 0. The van der Waals surface area contributed by atoms with Gasteiger partial charge in [-0.05, 0) is 149 Å². The normalized spacial score (nSPS) is 22.7. The molecule has 15 nitrogen and oxygen atoms in total. The fourth-order valence-electron chi connectivity index (χ4n) is 11.6. The van der Waals surface area contributed by atoms with Crippen LogP contribution in [0.2, 0.25) is 0 Å². The zero-order chi connectivity index (χ0) is 54.1. The van der Waals surface area contributed by atoms with Crippen LogP contribution in [0.4, 0.5) is 0 Å². The van der Waals surface area contributed by atoms with Crippen molar-refractivity contribution in [1.29, 1.82) is 0 Å². The van der Waals surface area contributed by atoms with E-state index in [9.17, 15) is 28.8 Å². The number of benzene rings is 4. The molecule has 1 heterocycles. The molecule has 406 valence electrons. The van der Waals surface area contributed by atoms with Gasteiger partial charge in [0.05, 0.1) is 36.4 Å². The van der Waals surface area contributed by atoms with Gasteiger partial charge in [0.25, 0.3) is 5.91 Å². The number of amides is 5. The highest BCUT2D eigenvalue weighted by Gasteiger charge is 2.45. The number of carbonyl (C=O) groups is 6. The lowest BCUT2D eigenvalue weighted by Crippen LogP contribution is -2.60. The minimum Gasteiger partial charge on any atom is -0.489 e. The topological polar surface area (TPSA) is 199 Å². The van der Waals surface area contributed by atoms with Gasteiger partial charge in [-0.2, -0.15) is 0 Å². The van der Waals surface area contributed by atoms with Gasteiger partial charge in [-0.3, -0.25) is 34.1 Å². The van der Waals surface area contributed by atoms with Gasteiger partial charge in [0, 0.05) is 36.4 Å². The van der Waals surface area contributed by atoms with Crippen LogP contribution in [-0.2, 0) is 49.8 Å². The van der Waals surface area contributed by atoms with E-state index < -0.39 is 41.4 Å². The van der Waals surface area contributed by atoms with Gasteiger partial charge in [0.1, 0.15) is 18.4 Å². The first-order chi connectivity index (χ1) is 36.5. The molecule has 76 heavy (non-hydrogen) atoms. The molecular weight excluding hydrogens is 957 g/mol. The summed E-state index contributed by atoms with van der Waals surface area (Å²) in [5, 5.41) is 22.3. The van der Waals surface area contributed by atoms with Gasteiger partial charge in [-0.15, -0.1) is 0 Å². The molecule has 0 spiro atoms. The van der Waals surface area contributed by atoms with Crippen LogP contribution in [0, 0.1) is 17.3 Å². The number of nitrogens with zero attached hydrogens (tertiary/aromatic N) is 1. The highest BCUT2D eigenvalue weighted by Crippen LogP contribution is 2.37. The zero-order valence-corrected chi connectivity index (χ0v) is 45.5. The second-order valence-corrected chi connectivity index (χ2v) is 22.6. The van der Waals surface area contributed by atoms with Crippen LogP contribution in [-0.4, -0.2) is 97.2 Å². The smallest absolute Gasteiger partial charge is 0.251 e. The molecule has 3 aliphatic carbocycles. The lowest BCUT2D eigenvalue weighted by atomic mass is 9.84. The summed E-state index contributed by atoms with van der Waals surface area (Å²) in [5.41, 5.74) is 6.54. The maximum atomic E-state index is 14.6. The fraction of sp³-hybridized carbons (Fsp3) is 0.508.